The summed E-state index contributed by atoms with van der Waals surface area (Å²) < 4.78 is 29.6. The third-order valence-electron chi connectivity index (χ3n) is 2.64. The largest absolute Gasteiger partial charge is 0.271 e. The van der Waals surface area contributed by atoms with Gasteiger partial charge in [0.1, 0.15) is 11.6 Å². The molecule has 0 spiro atoms. The van der Waals surface area contributed by atoms with Gasteiger partial charge in [0.2, 0.25) is 0 Å². The van der Waals surface area contributed by atoms with Gasteiger partial charge in [-0.05, 0) is 66.0 Å². The first-order valence-corrected chi connectivity index (χ1v) is 7.74. The fourth-order valence-electron chi connectivity index (χ4n) is 1.74. The first-order valence-electron chi connectivity index (χ1n) is 5.36. The van der Waals surface area contributed by atoms with Crippen molar-refractivity contribution in [3.63, 3.8) is 0 Å². The van der Waals surface area contributed by atoms with E-state index in [0.717, 1.165) is 4.47 Å². The summed E-state index contributed by atoms with van der Waals surface area (Å²) in [6, 6.07) is 3.27. The second-order valence-electron chi connectivity index (χ2n) is 3.88. The highest BCUT2D eigenvalue weighted by Gasteiger charge is 2.25. The molecule has 1 atom stereocenters. The van der Waals surface area contributed by atoms with Crippen LogP contribution in [0.3, 0.4) is 0 Å². The number of aromatic nitrogens is 1. The molecule has 1 heterocycles. The van der Waals surface area contributed by atoms with E-state index in [1.54, 1.807) is 6.07 Å². The molecule has 1 unspecified atom stereocenters. The molecule has 0 aliphatic heterocycles. The van der Waals surface area contributed by atoms with Crippen LogP contribution in [0.1, 0.15) is 17.3 Å². The molecule has 1 aromatic carbocycles. The Kier molecular flexibility index (Phi) is 5.25. The van der Waals surface area contributed by atoms with Gasteiger partial charge in [0.05, 0.1) is 16.2 Å². The molecule has 0 amide bonds. The van der Waals surface area contributed by atoms with Gasteiger partial charge in [0, 0.05) is 20.7 Å². The van der Waals surface area contributed by atoms with Crippen molar-refractivity contribution in [2.75, 3.05) is 0 Å². The smallest absolute Gasteiger partial charge is 0.145 e. The standard InChI is InChI=1S/C12H8Br3F2N3/c13-5-3-7(15)11(19-4-5)12(20-18)9-8(16)2-1-6(14)10(9)17/h1-4,12,20H,18H2. The summed E-state index contributed by atoms with van der Waals surface area (Å²) in [6.45, 7) is 0. The Hall–Kier alpha value is -0.410. The van der Waals surface area contributed by atoms with E-state index in [0.29, 0.717) is 10.2 Å². The SMILES string of the molecule is NNC(c1ncc(Br)cc1Br)c1c(F)ccc(Br)c1F. The van der Waals surface area contributed by atoms with Crippen LogP contribution in [0.2, 0.25) is 0 Å². The lowest BCUT2D eigenvalue weighted by atomic mass is 10.0. The van der Waals surface area contributed by atoms with Crippen molar-refractivity contribution in [1.82, 2.24) is 10.4 Å². The fraction of sp³-hybridized carbons (Fsp3) is 0.0833. The molecule has 3 N–H and O–H groups in total. The molecule has 8 heteroatoms. The van der Waals surface area contributed by atoms with Crippen LogP contribution in [-0.2, 0) is 0 Å². The van der Waals surface area contributed by atoms with Gasteiger partial charge >= 0.3 is 0 Å². The van der Waals surface area contributed by atoms with Gasteiger partial charge < -0.3 is 0 Å². The molecule has 1 aromatic heterocycles. The normalized spacial score (nSPS) is 12.5. The molecule has 106 valence electrons. The zero-order valence-electron chi connectivity index (χ0n) is 9.80. The van der Waals surface area contributed by atoms with E-state index in [2.05, 4.69) is 58.2 Å². The summed E-state index contributed by atoms with van der Waals surface area (Å²) in [5, 5.41) is 0. The van der Waals surface area contributed by atoms with E-state index in [-0.39, 0.29) is 10.0 Å². The summed E-state index contributed by atoms with van der Waals surface area (Å²) in [5.74, 6) is 4.04. The van der Waals surface area contributed by atoms with Crippen molar-refractivity contribution >= 4 is 47.8 Å². The summed E-state index contributed by atoms with van der Waals surface area (Å²) in [7, 11) is 0. The second-order valence-corrected chi connectivity index (χ2v) is 6.50. The van der Waals surface area contributed by atoms with Gasteiger partial charge in [-0.1, -0.05) is 0 Å². The number of hydrazine groups is 1. The quantitative estimate of drug-likeness (QED) is 0.401. The molecule has 0 fully saturated rings. The maximum Gasteiger partial charge on any atom is 0.145 e. The zero-order chi connectivity index (χ0) is 14.9. The van der Waals surface area contributed by atoms with Gasteiger partial charge in [0.15, 0.2) is 0 Å². The predicted octanol–water partition coefficient (Wildman–Crippen LogP) is 4.20. The lowest BCUT2D eigenvalue weighted by Crippen LogP contribution is -2.31. The molecule has 0 saturated carbocycles. The minimum absolute atomic E-state index is 0.155. The van der Waals surface area contributed by atoms with Crippen LogP contribution in [0.25, 0.3) is 0 Å². The molecule has 2 aromatic rings. The molecule has 0 bridgehead atoms. The van der Waals surface area contributed by atoms with Crippen molar-refractivity contribution < 1.29 is 8.78 Å². The highest BCUT2D eigenvalue weighted by molar-refractivity contribution is 9.11. The molecule has 3 nitrogen and oxygen atoms in total. The molecule has 0 radical (unpaired) electrons. The van der Waals surface area contributed by atoms with Crippen LogP contribution in [0.5, 0.6) is 0 Å². The lowest BCUT2D eigenvalue weighted by molar-refractivity contribution is 0.501. The highest BCUT2D eigenvalue weighted by Crippen LogP contribution is 2.33. The number of hydrogen-bond donors (Lipinski definition) is 2. The number of nitrogens with one attached hydrogen (secondary N) is 1. The molecule has 0 aliphatic rings. The van der Waals surface area contributed by atoms with E-state index in [4.69, 9.17) is 5.84 Å². The Balaban J connectivity index is 2.61. The number of hydrogen-bond acceptors (Lipinski definition) is 3. The predicted molar refractivity (Wildman–Crippen MR) is 82.9 cm³/mol. The van der Waals surface area contributed by atoms with Crippen LogP contribution in [-0.4, -0.2) is 4.98 Å². The molecule has 0 aliphatic carbocycles. The van der Waals surface area contributed by atoms with Crippen molar-refractivity contribution in [1.29, 1.82) is 0 Å². The fourth-order valence-corrected chi connectivity index (χ4v) is 3.31. The molecule has 2 rings (SSSR count). The summed E-state index contributed by atoms with van der Waals surface area (Å²) >= 11 is 9.60. The molecule has 20 heavy (non-hydrogen) atoms. The molecular weight excluding hydrogens is 464 g/mol. The monoisotopic (exact) mass is 469 g/mol. The topological polar surface area (TPSA) is 50.9 Å². The number of halogens is 5. The number of benzene rings is 1. The van der Waals surface area contributed by atoms with E-state index in [9.17, 15) is 8.78 Å². The third-order valence-corrected chi connectivity index (χ3v) is 4.33. The minimum Gasteiger partial charge on any atom is -0.271 e. The molecular formula is C12H8Br3F2N3. The van der Waals surface area contributed by atoms with Gasteiger partial charge in [-0.3, -0.25) is 10.8 Å². The molecule has 0 saturated heterocycles. The summed E-state index contributed by atoms with van der Waals surface area (Å²) in [4.78, 5) is 4.15. The van der Waals surface area contributed by atoms with Crippen LogP contribution in [0.4, 0.5) is 8.78 Å². The Morgan fingerprint density at radius 2 is 1.85 bits per heavy atom. The van der Waals surface area contributed by atoms with Crippen molar-refractivity contribution in [3.05, 3.63) is 60.7 Å². The second kappa shape index (κ2) is 6.57. The number of nitrogens with zero attached hydrogens (tertiary/aromatic N) is 1. The zero-order valence-corrected chi connectivity index (χ0v) is 14.6. The van der Waals surface area contributed by atoms with Crippen molar-refractivity contribution in [3.8, 4) is 0 Å². The average Bonchev–Trinajstić information content (AvgIpc) is 2.40. The van der Waals surface area contributed by atoms with Crippen LogP contribution >= 0.6 is 47.8 Å². The van der Waals surface area contributed by atoms with E-state index in [1.807, 2.05) is 0 Å². The van der Waals surface area contributed by atoms with Crippen molar-refractivity contribution in [2.45, 2.75) is 6.04 Å². The van der Waals surface area contributed by atoms with E-state index < -0.39 is 17.7 Å². The number of nitrogens with two attached hydrogens (primary N) is 1. The maximum atomic E-state index is 14.2. The van der Waals surface area contributed by atoms with Crippen LogP contribution < -0.4 is 11.3 Å². The Morgan fingerprint density at radius 1 is 1.15 bits per heavy atom. The maximum absolute atomic E-state index is 14.2. The van der Waals surface area contributed by atoms with Gasteiger partial charge in [-0.25, -0.2) is 14.2 Å². The van der Waals surface area contributed by atoms with E-state index in [1.165, 1.54) is 18.3 Å². The number of rotatable bonds is 3. The number of pyridine rings is 1. The van der Waals surface area contributed by atoms with Gasteiger partial charge in [0.25, 0.3) is 0 Å². The summed E-state index contributed by atoms with van der Waals surface area (Å²) in [5.41, 5.74) is 2.58. The first-order chi connectivity index (χ1) is 9.45. The minimum atomic E-state index is -0.921. The van der Waals surface area contributed by atoms with Gasteiger partial charge in [-0.15, -0.1) is 0 Å². The van der Waals surface area contributed by atoms with Crippen LogP contribution in [0, 0.1) is 11.6 Å². The lowest BCUT2D eigenvalue weighted by Gasteiger charge is -2.19. The highest BCUT2D eigenvalue weighted by atomic mass is 79.9. The Morgan fingerprint density at radius 3 is 2.45 bits per heavy atom. The Labute approximate surface area is 139 Å². The van der Waals surface area contributed by atoms with E-state index >= 15 is 0 Å². The average molecular weight is 472 g/mol. The Bertz CT molecular complexity index is 652. The third kappa shape index (κ3) is 3.09. The first kappa shape index (κ1) is 16.0. The van der Waals surface area contributed by atoms with Crippen molar-refractivity contribution in [2.24, 2.45) is 5.84 Å². The van der Waals surface area contributed by atoms with Gasteiger partial charge in [-0.2, -0.15) is 0 Å². The summed E-state index contributed by atoms with van der Waals surface area (Å²) in [6.07, 6.45) is 1.53. The van der Waals surface area contributed by atoms with Crippen LogP contribution in [0.15, 0.2) is 37.8 Å².